The van der Waals surface area contributed by atoms with Crippen molar-refractivity contribution in [2.45, 2.75) is 6.42 Å². The molecular formula is C16H12N2O2S. The van der Waals surface area contributed by atoms with E-state index in [1.54, 1.807) is 12.4 Å². The molecule has 2 heterocycles. The molecule has 0 bridgehead atoms. The third-order valence-electron chi connectivity index (χ3n) is 3.01. The van der Waals surface area contributed by atoms with Crippen LogP contribution in [0.3, 0.4) is 0 Å². The summed E-state index contributed by atoms with van der Waals surface area (Å²) in [4.78, 5) is 20.4. The van der Waals surface area contributed by atoms with Crippen LogP contribution in [-0.2, 0) is 6.42 Å². The van der Waals surface area contributed by atoms with Gasteiger partial charge >= 0.3 is 5.97 Å². The molecule has 0 saturated heterocycles. The highest BCUT2D eigenvalue weighted by molar-refractivity contribution is 7.15. The fraction of sp³-hybridized carbons (Fsp3) is 0.0625. The van der Waals surface area contributed by atoms with Crippen LogP contribution in [0.25, 0.3) is 10.4 Å². The molecule has 0 aliphatic carbocycles. The number of benzene rings is 1. The number of carboxylic acids is 1. The zero-order valence-electron chi connectivity index (χ0n) is 11.1. The summed E-state index contributed by atoms with van der Waals surface area (Å²) >= 11 is 1.42. The molecule has 0 atom stereocenters. The van der Waals surface area contributed by atoms with E-state index in [1.807, 2.05) is 42.5 Å². The Hall–Kier alpha value is -2.53. The molecule has 1 aromatic carbocycles. The topological polar surface area (TPSA) is 63.1 Å². The zero-order chi connectivity index (χ0) is 14.7. The molecule has 0 fully saturated rings. The molecule has 0 radical (unpaired) electrons. The first-order valence-corrected chi connectivity index (χ1v) is 7.23. The van der Waals surface area contributed by atoms with E-state index in [1.165, 1.54) is 11.3 Å². The Morgan fingerprint density at radius 2 is 1.81 bits per heavy atom. The lowest BCUT2D eigenvalue weighted by Crippen LogP contribution is -1.99. The normalized spacial score (nSPS) is 10.5. The number of carbonyl (C=O) groups is 1. The standard InChI is InChI=1S/C16H12N2O2S/c19-16(20)14-15(12-4-2-1-3-5-12)21-13(18-14)10-11-6-8-17-9-7-11/h1-9H,10H2,(H,19,20). The molecule has 0 spiro atoms. The number of thiazole rings is 1. The van der Waals surface area contributed by atoms with Gasteiger partial charge in [0.1, 0.15) is 0 Å². The van der Waals surface area contributed by atoms with Gasteiger partial charge in [-0.05, 0) is 23.3 Å². The summed E-state index contributed by atoms with van der Waals surface area (Å²) in [5.74, 6) is -0.994. The Labute approximate surface area is 125 Å². The summed E-state index contributed by atoms with van der Waals surface area (Å²) in [7, 11) is 0. The highest BCUT2D eigenvalue weighted by atomic mass is 32.1. The molecule has 1 N–H and O–H groups in total. The summed E-state index contributed by atoms with van der Waals surface area (Å²) in [6.07, 6.45) is 4.05. The summed E-state index contributed by atoms with van der Waals surface area (Å²) in [6, 6.07) is 13.3. The SMILES string of the molecule is O=C(O)c1nc(Cc2ccncc2)sc1-c1ccccc1. The van der Waals surface area contributed by atoms with Crippen LogP contribution in [0.2, 0.25) is 0 Å². The maximum Gasteiger partial charge on any atom is 0.356 e. The molecule has 2 aromatic heterocycles. The van der Waals surface area contributed by atoms with Gasteiger partial charge in [-0.25, -0.2) is 9.78 Å². The molecule has 3 rings (SSSR count). The first-order chi connectivity index (χ1) is 10.2. The van der Waals surface area contributed by atoms with Gasteiger partial charge in [0.25, 0.3) is 0 Å². The van der Waals surface area contributed by atoms with Gasteiger partial charge in [-0.15, -0.1) is 11.3 Å². The highest BCUT2D eigenvalue weighted by Gasteiger charge is 2.18. The second-order valence-electron chi connectivity index (χ2n) is 4.49. The van der Waals surface area contributed by atoms with Crippen molar-refractivity contribution >= 4 is 17.3 Å². The van der Waals surface area contributed by atoms with Crippen molar-refractivity contribution in [1.29, 1.82) is 0 Å². The summed E-state index contributed by atoms with van der Waals surface area (Å²) < 4.78 is 0. The van der Waals surface area contributed by atoms with E-state index in [-0.39, 0.29) is 5.69 Å². The van der Waals surface area contributed by atoms with E-state index in [4.69, 9.17) is 0 Å². The minimum atomic E-state index is -0.994. The van der Waals surface area contributed by atoms with Gasteiger partial charge in [0.05, 0.1) is 9.88 Å². The van der Waals surface area contributed by atoms with Gasteiger partial charge in [-0.2, -0.15) is 0 Å². The second kappa shape index (κ2) is 5.85. The Bertz CT molecular complexity index is 754. The predicted molar refractivity (Wildman–Crippen MR) is 81.6 cm³/mol. The zero-order valence-corrected chi connectivity index (χ0v) is 11.9. The molecule has 5 heteroatoms. The van der Waals surface area contributed by atoms with Crippen LogP contribution >= 0.6 is 11.3 Å². The van der Waals surface area contributed by atoms with Gasteiger partial charge in [0, 0.05) is 18.8 Å². The largest absolute Gasteiger partial charge is 0.476 e. The van der Waals surface area contributed by atoms with Gasteiger partial charge in [-0.3, -0.25) is 4.98 Å². The molecule has 104 valence electrons. The third kappa shape index (κ3) is 2.98. The lowest BCUT2D eigenvalue weighted by Gasteiger charge is -1.97. The van der Waals surface area contributed by atoms with Crippen LogP contribution in [0.4, 0.5) is 0 Å². The van der Waals surface area contributed by atoms with Crippen LogP contribution < -0.4 is 0 Å². The monoisotopic (exact) mass is 296 g/mol. The first-order valence-electron chi connectivity index (χ1n) is 6.41. The van der Waals surface area contributed by atoms with Crippen molar-refractivity contribution in [2.24, 2.45) is 0 Å². The fourth-order valence-corrected chi connectivity index (χ4v) is 3.14. The van der Waals surface area contributed by atoms with Crippen LogP contribution in [0.1, 0.15) is 21.1 Å². The molecule has 0 aliphatic heterocycles. The van der Waals surface area contributed by atoms with Crippen molar-refractivity contribution in [3.63, 3.8) is 0 Å². The highest BCUT2D eigenvalue weighted by Crippen LogP contribution is 2.31. The molecule has 4 nitrogen and oxygen atoms in total. The Morgan fingerprint density at radius 1 is 1.10 bits per heavy atom. The average Bonchev–Trinajstić information content (AvgIpc) is 2.93. The van der Waals surface area contributed by atoms with E-state index in [0.29, 0.717) is 11.3 Å². The molecule has 3 aromatic rings. The Kier molecular flexibility index (Phi) is 3.75. The van der Waals surface area contributed by atoms with E-state index in [9.17, 15) is 9.90 Å². The number of hydrogen-bond acceptors (Lipinski definition) is 4. The number of carboxylic acid groups (broad SMARTS) is 1. The van der Waals surface area contributed by atoms with Crippen molar-refractivity contribution in [1.82, 2.24) is 9.97 Å². The van der Waals surface area contributed by atoms with Crippen molar-refractivity contribution < 1.29 is 9.90 Å². The second-order valence-corrected chi connectivity index (χ2v) is 5.57. The lowest BCUT2D eigenvalue weighted by molar-refractivity contribution is 0.0692. The van der Waals surface area contributed by atoms with Gasteiger partial charge in [0.2, 0.25) is 0 Å². The van der Waals surface area contributed by atoms with Crippen LogP contribution in [0.5, 0.6) is 0 Å². The van der Waals surface area contributed by atoms with Gasteiger partial charge in [-0.1, -0.05) is 30.3 Å². The van der Waals surface area contributed by atoms with Crippen molar-refractivity contribution in [3.05, 3.63) is 71.1 Å². The number of pyridine rings is 1. The van der Waals surface area contributed by atoms with Gasteiger partial charge < -0.3 is 5.11 Å². The van der Waals surface area contributed by atoms with E-state index < -0.39 is 5.97 Å². The van der Waals surface area contributed by atoms with Crippen LogP contribution in [-0.4, -0.2) is 21.0 Å². The van der Waals surface area contributed by atoms with Crippen molar-refractivity contribution in [3.8, 4) is 10.4 Å². The van der Waals surface area contributed by atoms with Crippen LogP contribution in [0.15, 0.2) is 54.9 Å². The average molecular weight is 296 g/mol. The number of hydrogen-bond donors (Lipinski definition) is 1. The molecule has 0 saturated carbocycles. The maximum atomic E-state index is 11.4. The summed E-state index contributed by atoms with van der Waals surface area (Å²) in [6.45, 7) is 0. The van der Waals surface area contributed by atoms with E-state index in [0.717, 1.165) is 16.1 Å². The number of aromatic nitrogens is 2. The van der Waals surface area contributed by atoms with Gasteiger partial charge in [0.15, 0.2) is 5.69 Å². The van der Waals surface area contributed by atoms with Crippen molar-refractivity contribution in [2.75, 3.05) is 0 Å². The van der Waals surface area contributed by atoms with E-state index >= 15 is 0 Å². The quantitative estimate of drug-likeness (QED) is 0.800. The minimum absolute atomic E-state index is 0.121. The summed E-state index contributed by atoms with van der Waals surface area (Å²) in [5, 5.41) is 10.1. The van der Waals surface area contributed by atoms with E-state index in [2.05, 4.69) is 9.97 Å². The molecule has 21 heavy (non-hydrogen) atoms. The van der Waals surface area contributed by atoms with Crippen LogP contribution in [0, 0.1) is 0 Å². The summed E-state index contributed by atoms with van der Waals surface area (Å²) in [5.41, 5.74) is 2.07. The minimum Gasteiger partial charge on any atom is -0.476 e. The molecule has 0 aliphatic rings. The predicted octanol–water partition coefficient (Wildman–Crippen LogP) is 3.49. The Balaban J connectivity index is 1.99. The molecular weight excluding hydrogens is 284 g/mol. The maximum absolute atomic E-state index is 11.4. The number of aromatic carboxylic acids is 1. The fourth-order valence-electron chi connectivity index (χ4n) is 2.05. The first kappa shape index (κ1) is 13.5. The number of rotatable bonds is 4. The Morgan fingerprint density at radius 3 is 2.48 bits per heavy atom. The number of nitrogens with zero attached hydrogens (tertiary/aromatic N) is 2. The molecule has 0 amide bonds. The third-order valence-corrected chi connectivity index (χ3v) is 4.12. The smallest absolute Gasteiger partial charge is 0.356 e. The lowest BCUT2D eigenvalue weighted by atomic mass is 10.1. The molecule has 0 unspecified atom stereocenters.